The molecule has 1 aromatic rings. The van der Waals surface area contributed by atoms with Gasteiger partial charge in [-0.25, -0.2) is 13.4 Å². The van der Waals surface area contributed by atoms with Gasteiger partial charge in [-0.1, -0.05) is 0 Å². The maximum Gasteiger partial charge on any atom is 0.260 e. The quantitative estimate of drug-likeness (QED) is 0.489. The molecule has 0 radical (unpaired) electrons. The van der Waals surface area contributed by atoms with E-state index in [1.807, 2.05) is 0 Å². The van der Waals surface area contributed by atoms with Crippen LogP contribution < -0.4 is 5.73 Å². The van der Waals surface area contributed by atoms with Gasteiger partial charge in [-0.2, -0.15) is 4.31 Å². The van der Waals surface area contributed by atoms with Crippen LogP contribution in [0.4, 0.5) is 0 Å². The monoisotopic (exact) mass is 245 g/mol. The van der Waals surface area contributed by atoms with Crippen LogP contribution in [0.3, 0.4) is 0 Å². The lowest BCUT2D eigenvalue weighted by molar-refractivity contribution is 0.387. The Morgan fingerprint density at radius 2 is 2.31 bits per heavy atom. The number of nitrogens with two attached hydrogens (primary N) is 1. The molecule has 1 heterocycles. The second-order valence-electron chi connectivity index (χ2n) is 3.59. The van der Waals surface area contributed by atoms with Gasteiger partial charge in [-0.3, -0.25) is 5.41 Å². The standard InChI is InChI=1S/C8H15N5O2S/c1-6(2)13(4-7(9)10)16(14,15)8-3-11-5-12-8/h3,5-6H,4H2,1-2H3,(H3,9,10)(H,11,12). The Morgan fingerprint density at radius 1 is 1.69 bits per heavy atom. The van der Waals surface area contributed by atoms with E-state index in [1.165, 1.54) is 12.5 Å². The van der Waals surface area contributed by atoms with Gasteiger partial charge in [0, 0.05) is 6.04 Å². The number of sulfonamides is 1. The van der Waals surface area contributed by atoms with E-state index in [0.29, 0.717) is 0 Å². The van der Waals surface area contributed by atoms with Gasteiger partial charge in [-0.05, 0) is 13.8 Å². The van der Waals surface area contributed by atoms with Gasteiger partial charge in [0.15, 0.2) is 5.03 Å². The largest absolute Gasteiger partial charge is 0.387 e. The normalized spacial score (nSPS) is 12.2. The van der Waals surface area contributed by atoms with Crippen LogP contribution in [0.15, 0.2) is 17.6 Å². The van der Waals surface area contributed by atoms with E-state index >= 15 is 0 Å². The summed E-state index contributed by atoms with van der Waals surface area (Å²) in [5.41, 5.74) is 5.23. The van der Waals surface area contributed by atoms with Crippen LogP contribution in [-0.2, 0) is 10.0 Å². The maximum absolute atomic E-state index is 12.1. The van der Waals surface area contributed by atoms with Gasteiger partial charge in [0.1, 0.15) is 5.84 Å². The number of nitrogens with one attached hydrogen (secondary N) is 2. The van der Waals surface area contributed by atoms with Gasteiger partial charge in [0.2, 0.25) is 0 Å². The molecule has 90 valence electrons. The number of nitrogens with zero attached hydrogens (tertiary/aromatic N) is 2. The van der Waals surface area contributed by atoms with Crippen LogP contribution in [0.1, 0.15) is 13.8 Å². The predicted octanol–water partition coefficient (Wildman–Crippen LogP) is -0.255. The number of H-pyrrole nitrogens is 1. The molecule has 1 rings (SSSR count). The van der Waals surface area contributed by atoms with Crippen molar-refractivity contribution in [3.63, 3.8) is 0 Å². The molecule has 0 fully saturated rings. The number of imidazole rings is 1. The molecular weight excluding hydrogens is 230 g/mol. The molecule has 0 saturated carbocycles. The third kappa shape index (κ3) is 2.58. The molecule has 0 saturated heterocycles. The Balaban J connectivity index is 3.08. The summed E-state index contributed by atoms with van der Waals surface area (Å²) in [6.45, 7) is 3.31. The first kappa shape index (κ1) is 12.7. The molecule has 0 aliphatic carbocycles. The fraction of sp³-hybridized carbons (Fsp3) is 0.500. The highest BCUT2D eigenvalue weighted by atomic mass is 32.2. The molecule has 0 spiro atoms. The molecular formula is C8H15N5O2S. The Labute approximate surface area is 94.2 Å². The Bertz CT molecular complexity index is 451. The third-order valence-corrected chi connectivity index (χ3v) is 3.91. The first-order valence-corrected chi connectivity index (χ1v) is 6.13. The van der Waals surface area contributed by atoms with Gasteiger partial charge in [0.25, 0.3) is 10.0 Å². The van der Waals surface area contributed by atoms with Crippen LogP contribution in [0.2, 0.25) is 0 Å². The molecule has 1 aromatic heterocycles. The predicted molar refractivity (Wildman–Crippen MR) is 59.5 cm³/mol. The topological polar surface area (TPSA) is 116 Å². The van der Waals surface area contributed by atoms with Crippen molar-refractivity contribution in [2.75, 3.05) is 6.54 Å². The summed E-state index contributed by atoms with van der Waals surface area (Å²) in [5, 5.41) is 7.17. The smallest absolute Gasteiger partial charge is 0.260 e. The van der Waals surface area contributed by atoms with Crippen LogP contribution >= 0.6 is 0 Å². The number of aromatic amines is 1. The summed E-state index contributed by atoms with van der Waals surface area (Å²) in [6, 6.07) is -0.280. The average Bonchev–Trinajstić information content (AvgIpc) is 2.66. The van der Waals surface area contributed by atoms with E-state index in [0.717, 1.165) is 4.31 Å². The minimum Gasteiger partial charge on any atom is -0.387 e. The molecule has 0 amide bonds. The molecule has 0 atom stereocenters. The minimum absolute atomic E-state index is 0.00227. The first-order valence-electron chi connectivity index (χ1n) is 4.69. The second kappa shape index (κ2) is 4.62. The van der Waals surface area contributed by atoms with E-state index in [4.69, 9.17) is 11.1 Å². The summed E-state index contributed by atoms with van der Waals surface area (Å²) < 4.78 is 25.3. The highest BCUT2D eigenvalue weighted by Crippen LogP contribution is 2.14. The van der Waals surface area contributed by atoms with Crippen molar-refractivity contribution in [2.45, 2.75) is 24.9 Å². The average molecular weight is 245 g/mol. The summed E-state index contributed by atoms with van der Waals surface area (Å²) in [6.07, 6.45) is 2.52. The lowest BCUT2D eigenvalue weighted by Crippen LogP contribution is -2.42. The van der Waals surface area contributed by atoms with Gasteiger partial charge in [0.05, 0.1) is 19.1 Å². The minimum atomic E-state index is -3.66. The zero-order valence-corrected chi connectivity index (χ0v) is 9.95. The molecule has 0 unspecified atom stereocenters. The summed E-state index contributed by atoms with van der Waals surface area (Å²) in [5.74, 6) is -0.197. The molecule has 0 aliphatic rings. The number of hydrogen-bond acceptors (Lipinski definition) is 4. The maximum atomic E-state index is 12.1. The van der Waals surface area contributed by atoms with Crippen LogP contribution in [0, 0.1) is 5.41 Å². The third-order valence-electron chi connectivity index (χ3n) is 1.96. The number of aromatic nitrogens is 2. The van der Waals surface area contributed by atoms with Gasteiger partial charge < -0.3 is 10.7 Å². The van der Waals surface area contributed by atoms with Crippen molar-refractivity contribution in [2.24, 2.45) is 5.73 Å². The number of hydrogen-bond donors (Lipinski definition) is 3. The van der Waals surface area contributed by atoms with Crippen LogP contribution in [0.5, 0.6) is 0 Å². The number of amidine groups is 1. The van der Waals surface area contributed by atoms with Gasteiger partial charge >= 0.3 is 0 Å². The zero-order valence-electron chi connectivity index (χ0n) is 9.14. The van der Waals surface area contributed by atoms with Crippen molar-refractivity contribution in [3.05, 3.63) is 12.5 Å². The van der Waals surface area contributed by atoms with Crippen molar-refractivity contribution >= 4 is 15.9 Å². The summed E-state index contributed by atoms with van der Waals surface area (Å²) >= 11 is 0. The Morgan fingerprint density at radius 3 is 2.69 bits per heavy atom. The highest BCUT2D eigenvalue weighted by Gasteiger charge is 2.28. The summed E-state index contributed by atoms with van der Waals surface area (Å²) in [7, 11) is -3.66. The Kier molecular flexibility index (Phi) is 3.66. The SMILES string of the molecule is CC(C)N(CC(=N)N)S(=O)(=O)c1cnc[nH]1. The van der Waals surface area contributed by atoms with Crippen molar-refractivity contribution in [1.82, 2.24) is 14.3 Å². The molecule has 0 aliphatic heterocycles. The summed E-state index contributed by atoms with van der Waals surface area (Å²) in [4.78, 5) is 6.20. The fourth-order valence-corrected chi connectivity index (χ4v) is 2.74. The fourth-order valence-electron chi connectivity index (χ4n) is 1.22. The molecule has 16 heavy (non-hydrogen) atoms. The zero-order chi connectivity index (χ0) is 12.3. The van der Waals surface area contributed by atoms with Crippen molar-refractivity contribution in [3.8, 4) is 0 Å². The van der Waals surface area contributed by atoms with E-state index in [1.54, 1.807) is 13.8 Å². The highest BCUT2D eigenvalue weighted by molar-refractivity contribution is 7.89. The molecule has 4 N–H and O–H groups in total. The first-order chi connectivity index (χ1) is 7.35. The van der Waals surface area contributed by atoms with E-state index in [2.05, 4.69) is 9.97 Å². The van der Waals surface area contributed by atoms with E-state index in [-0.39, 0.29) is 23.4 Å². The van der Waals surface area contributed by atoms with Gasteiger partial charge in [-0.15, -0.1) is 0 Å². The lowest BCUT2D eigenvalue weighted by atomic mass is 10.4. The van der Waals surface area contributed by atoms with E-state index < -0.39 is 10.0 Å². The van der Waals surface area contributed by atoms with Crippen LogP contribution in [-0.4, -0.2) is 41.1 Å². The number of rotatable bonds is 5. The van der Waals surface area contributed by atoms with Crippen molar-refractivity contribution in [1.29, 1.82) is 5.41 Å². The van der Waals surface area contributed by atoms with Crippen LogP contribution in [0.25, 0.3) is 0 Å². The second-order valence-corrected chi connectivity index (χ2v) is 5.44. The molecule has 0 bridgehead atoms. The molecule has 8 heteroatoms. The Hall–Kier alpha value is -1.41. The molecule has 7 nitrogen and oxygen atoms in total. The van der Waals surface area contributed by atoms with Crippen molar-refractivity contribution < 1.29 is 8.42 Å². The molecule has 0 aromatic carbocycles. The lowest BCUT2D eigenvalue weighted by Gasteiger charge is -2.24. The van der Waals surface area contributed by atoms with E-state index in [9.17, 15) is 8.42 Å².